The summed E-state index contributed by atoms with van der Waals surface area (Å²) in [7, 11) is 1.84. The summed E-state index contributed by atoms with van der Waals surface area (Å²) in [5.41, 5.74) is 0. The van der Waals surface area contributed by atoms with Crippen molar-refractivity contribution in [2.24, 2.45) is 5.92 Å². The molecule has 2 heterocycles. The molecule has 2 rings (SSSR count). The van der Waals surface area contributed by atoms with Crippen molar-refractivity contribution >= 4 is 5.91 Å². The summed E-state index contributed by atoms with van der Waals surface area (Å²) >= 11 is 0. The number of likely N-dealkylation sites (N-methyl/N-ethyl adjacent to an activating group) is 1. The van der Waals surface area contributed by atoms with Crippen LogP contribution in [0.3, 0.4) is 0 Å². The number of carbonyl (C=O) groups is 1. The maximum absolute atomic E-state index is 12.3. The minimum atomic E-state index is -0.0829. The summed E-state index contributed by atoms with van der Waals surface area (Å²) in [6.45, 7) is 3.43. The Morgan fingerprint density at radius 1 is 1.65 bits per heavy atom. The number of likely N-dealkylation sites (tertiary alicyclic amines) is 1. The molecule has 1 aliphatic heterocycles. The highest BCUT2D eigenvalue weighted by Crippen LogP contribution is 2.19. The van der Waals surface area contributed by atoms with Crippen LogP contribution in [-0.4, -0.2) is 35.6 Å². The largest absolute Gasteiger partial charge is 0.360 e. The Bertz CT molecular complexity index is 364. The normalized spacial score (nSPS) is 26.0. The molecule has 0 spiro atoms. The maximum Gasteiger partial charge on any atom is 0.240 e. The van der Waals surface area contributed by atoms with Crippen LogP contribution in [0.1, 0.15) is 25.5 Å². The van der Waals surface area contributed by atoms with Gasteiger partial charge in [-0.1, -0.05) is 12.1 Å². The van der Waals surface area contributed by atoms with E-state index in [0.717, 1.165) is 25.1 Å². The Morgan fingerprint density at radius 2 is 2.47 bits per heavy atom. The molecule has 0 aromatic carbocycles. The van der Waals surface area contributed by atoms with E-state index in [1.54, 1.807) is 12.3 Å². The molecule has 1 amide bonds. The van der Waals surface area contributed by atoms with Crippen molar-refractivity contribution < 1.29 is 9.32 Å². The van der Waals surface area contributed by atoms with Gasteiger partial charge >= 0.3 is 0 Å². The second-order valence-electron chi connectivity index (χ2n) is 4.62. The van der Waals surface area contributed by atoms with Gasteiger partial charge in [0.1, 0.15) is 0 Å². The standard InChI is InChI=1S/C12H19N3O2/c1-9-4-3-7-15(12(16)11(9)13-2)8-10-5-6-14-17-10/h5-6,9,11,13H,3-4,7-8H2,1-2H3. The zero-order valence-electron chi connectivity index (χ0n) is 10.3. The molecule has 1 fully saturated rings. The second kappa shape index (κ2) is 5.31. The molecule has 17 heavy (non-hydrogen) atoms. The molecule has 2 atom stereocenters. The summed E-state index contributed by atoms with van der Waals surface area (Å²) in [5.74, 6) is 1.28. The predicted molar refractivity (Wildman–Crippen MR) is 63.2 cm³/mol. The van der Waals surface area contributed by atoms with Crippen LogP contribution in [0.2, 0.25) is 0 Å². The molecule has 1 N–H and O–H groups in total. The molecule has 0 bridgehead atoms. The predicted octanol–water partition coefficient (Wildman–Crippen LogP) is 1.02. The Labute approximate surface area is 101 Å². The van der Waals surface area contributed by atoms with Crippen molar-refractivity contribution in [1.82, 2.24) is 15.4 Å². The number of hydrogen-bond donors (Lipinski definition) is 1. The molecule has 2 unspecified atom stereocenters. The highest BCUT2D eigenvalue weighted by molar-refractivity contribution is 5.82. The van der Waals surface area contributed by atoms with Gasteiger partial charge in [-0.3, -0.25) is 4.79 Å². The lowest BCUT2D eigenvalue weighted by molar-refractivity contribution is -0.134. The van der Waals surface area contributed by atoms with Crippen LogP contribution in [0.4, 0.5) is 0 Å². The SMILES string of the molecule is CNC1C(=O)N(Cc2ccno2)CCCC1C. The first-order chi connectivity index (χ1) is 8.22. The third-order valence-electron chi connectivity index (χ3n) is 3.38. The Balaban J connectivity index is 2.08. The summed E-state index contributed by atoms with van der Waals surface area (Å²) in [6, 6.07) is 1.72. The molecular formula is C12H19N3O2. The highest BCUT2D eigenvalue weighted by Gasteiger charge is 2.31. The van der Waals surface area contributed by atoms with Gasteiger partial charge in [0.05, 0.1) is 18.8 Å². The quantitative estimate of drug-likeness (QED) is 0.852. The highest BCUT2D eigenvalue weighted by atomic mass is 16.5. The van der Waals surface area contributed by atoms with Gasteiger partial charge in [-0.05, 0) is 25.8 Å². The zero-order chi connectivity index (χ0) is 12.3. The molecule has 0 radical (unpaired) electrons. The van der Waals surface area contributed by atoms with Gasteiger partial charge < -0.3 is 14.7 Å². The Kier molecular flexibility index (Phi) is 3.78. The number of carbonyl (C=O) groups excluding carboxylic acids is 1. The third-order valence-corrected chi connectivity index (χ3v) is 3.38. The van der Waals surface area contributed by atoms with Crippen molar-refractivity contribution in [2.45, 2.75) is 32.4 Å². The number of hydrogen-bond acceptors (Lipinski definition) is 4. The van der Waals surface area contributed by atoms with E-state index in [1.165, 1.54) is 0 Å². The smallest absolute Gasteiger partial charge is 0.240 e. The zero-order valence-corrected chi connectivity index (χ0v) is 10.3. The van der Waals surface area contributed by atoms with Gasteiger partial charge in [-0.2, -0.15) is 0 Å². The van der Waals surface area contributed by atoms with Gasteiger partial charge in [0.25, 0.3) is 0 Å². The average Bonchev–Trinajstić information content (AvgIpc) is 2.76. The van der Waals surface area contributed by atoms with Crippen molar-refractivity contribution in [2.75, 3.05) is 13.6 Å². The summed E-state index contributed by atoms with van der Waals surface area (Å²) in [6.07, 6.45) is 3.72. The Hall–Kier alpha value is -1.36. The molecule has 5 nitrogen and oxygen atoms in total. The molecule has 0 aliphatic carbocycles. The van der Waals surface area contributed by atoms with E-state index < -0.39 is 0 Å². The van der Waals surface area contributed by atoms with Crippen LogP contribution < -0.4 is 5.32 Å². The summed E-state index contributed by atoms with van der Waals surface area (Å²) in [4.78, 5) is 14.2. The fourth-order valence-corrected chi connectivity index (χ4v) is 2.40. The van der Waals surface area contributed by atoms with Crippen LogP contribution in [0.15, 0.2) is 16.8 Å². The van der Waals surface area contributed by atoms with Gasteiger partial charge in [0.2, 0.25) is 5.91 Å². The van der Waals surface area contributed by atoms with E-state index in [1.807, 2.05) is 11.9 Å². The topological polar surface area (TPSA) is 58.4 Å². The maximum atomic E-state index is 12.3. The second-order valence-corrected chi connectivity index (χ2v) is 4.62. The van der Waals surface area contributed by atoms with E-state index in [2.05, 4.69) is 17.4 Å². The Morgan fingerprint density at radius 3 is 3.12 bits per heavy atom. The van der Waals surface area contributed by atoms with E-state index in [-0.39, 0.29) is 11.9 Å². The first kappa shape index (κ1) is 12.1. The number of amides is 1. The molecule has 0 saturated carbocycles. The van der Waals surface area contributed by atoms with Crippen LogP contribution >= 0.6 is 0 Å². The number of nitrogens with one attached hydrogen (secondary N) is 1. The molecule has 1 aliphatic rings. The lowest BCUT2D eigenvalue weighted by Crippen LogP contribution is -2.46. The average molecular weight is 237 g/mol. The van der Waals surface area contributed by atoms with E-state index in [4.69, 9.17) is 4.52 Å². The molecule has 5 heteroatoms. The fourth-order valence-electron chi connectivity index (χ4n) is 2.40. The molecular weight excluding hydrogens is 218 g/mol. The van der Waals surface area contributed by atoms with Crippen molar-refractivity contribution in [3.63, 3.8) is 0 Å². The van der Waals surface area contributed by atoms with Crippen LogP contribution in [0.5, 0.6) is 0 Å². The van der Waals surface area contributed by atoms with Gasteiger partial charge in [-0.15, -0.1) is 0 Å². The number of nitrogens with zero attached hydrogens (tertiary/aromatic N) is 2. The number of rotatable bonds is 3. The van der Waals surface area contributed by atoms with Crippen molar-refractivity contribution in [1.29, 1.82) is 0 Å². The van der Waals surface area contributed by atoms with Gasteiger partial charge in [0, 0.05) is 12.6 Å². The van der Waals surface area contributed by atoms with E-state index in [9.17, 15) is 4.79 Å². The summed E-state index contributed by atoms with van der Waals surface area (Å²) in [5, 5.41) is 6.78. The first-order valence-electron chi connectivity index (χ1n) is 6.08. The molecule has 1 saturated heterocycles. The lowest BCUT2D eigenvalue weighted by atomic mass is 9.98. The lowest BCUT2D eigenvalue weighted by Gasteiger charge is -2.25. The first-order valence-corrected chi connectivity index (χ1v) is 6.08. The molecule has 1 aromatic heterocycles. The van der Waals surface area contributed by atoms with Gasteiger partial charge in [0.15, 0.2) is 5.76 Å². The molecule has 1 aromatic rings. The molecule has 94 valence electrons. The minimum absolute atomic E-state index is 0.0829. The minimum Gasteiger partial charge on any atom is -0.360 e. The number of aromatic nitrogens is 1. The third kappa shape index (κ3) is 2.66. The summed E-state index contributed by atoms with van der Waals surface area (Å²) < 4.78 is 5.06. The van der Waals surface area contributed by atoms with E-state index in [0.29, 0.717) is 12.5 Å². The fraction of sp³-hybridized carbons (Fsp3) is 0.667. The van der Waals surface area contributed by atoms with Crippen molar-refractivity contribution in [3.05, 3.63) is 18.0 Å². The van der Waals surface area contributed by atoms with Crippen LogP contribution in [-0.2, 0) is 11.3 Å². The van der Waals surface area contributed by atoms with Crippen LogP contribution in [0, 0.1) is 5.92 Å². The monoisotopic (exact) mass is 237 g/mol. The van der Waals surface area contributed by atoms with E-state index >= 15 is 0 Å². The van der Waals surface area contributed by atoms with Crippen LogP contribution in [0.25, 0.3) is 0 Å². The van der Waals surface area contributed by atoms with Crippen molar-refractivity contribution in [3.8, 4) is 0 Å². The van der Waals surface area contributed by atoms with Gasteiger partial charge in [-0.25, -0.2) is 0 Å².